The van der Waals surface area contributed by atoms with Crippen molar-refractivity contribution in [2.45, 2.75) is 13.8 Å². The Bertz CT molecular complexity index is 1220. The normalized spacial score (nSPS) is 11.9. The Labute approximate surface area is 139 Å². The van der Waals surface area contributed by atoms with E-state index in [-0.39, 0.29) is 0 Å². The molecule has 0 aliphatic heterocycles. The lowest BCUT2D eigenvalue weighted by Gasteiger charge is -2.09. The lowest BCUT2D eigenvalue weighted by atomic mass is 9.95. The minimum atomic E-state index is 1.31. The third-order valence-corrected chi connectivity index (χ3v) is 5.98. The summed E-state index contributed by atoms with van der Waals surface area (Å²) >= 11 is 1.90. The standard InChI is InChI=1S/C22H16S/c1-13-9-20-18(21-10-14(2)23-22(13)21)8-7-17-11-15-5-3-4-6-16(15)12-19(17)20/h3-12H,1-2H3. The van der Waals surface area contributed by atoms with Crippen molar-refractivity contribution in [3.63, 3.8) is 0 Å². The number of fused-ring (bicyclic) bond motifs is 6. The molecule has 0 spiro atoms. The number of rotatable bonds is 0. The summed E-state index contributed by atoms with van der Waals surface area (Å²) in [6.07, 6.45) is 0. The summed E-state index contributed by atoms with van der Waals surface area (Å²) in [6.45, 7) is 4.43. The van der Waals surface area contributed by atoms with E-state index < -0.39 is 0 Å². The first-order valence-corrected chi connectivity index (χ1v) is 8.77. The maximum absolute atomic E-state index is 2.37. The van der Waals surface area contributed by atoms with Crippen LogP contribution in [0.3, 0.4) is 0 Å². The Morgan fingerprint density at radius 2 is 1.39 bits per heavy atom. The van der Waals surface area contributed by atoms with Crippen LogP contribution in [0.5, 0.6) is 0 Å². The lowest BCUT2D eigenvalue weighted by Crippen LogP contribution is -1.82. The van der Waals surface area contributed by atoms with Crippen LogP contribution >= 0.6 is 11.3 Å². The quantitative estimate of drug-likeness (QED) is 0.214. The Kier molecular flexibility index (Phi) is 2.60. The van der Waals surface area contributed by atoms with Gasteiger partial charge in [0.05, 0.1) is 0 Å². The Morgan fingerprint density at radius 3 is 2.22 bits per heavy atom. The molecular weight excluding hydrogens is 296 g/mol. The van der Waals surface area contributed by atoms with Gasteiger partial charge in [0.15, 0.2) is 0 Å². The molecule has 1 aromatic heterocycles. The predicted octanol–water partition coefficient (Wildman–Crippen LogP) is 6.98. The molecule has 0 fully saturated rings. The summed E-state index contributed by atoms with van der Waals surface area (Å²) in [4.78, 5) is 1.38. The summed E-state index contributed by atoms with van der Waals surface area (Å²) in [6, 6.07) is 22.5. The zero-order valence-corrected chi connectivity index (χ0v) is 14.0. The fourth-order valence-corrected chi connectivity index (χ4v) is 4.71. The number of benzene rings is 4. The van der Waals surface area contributed by atoms with Crippen LogP contribution in [0.2, 0.25) is 0 Å². The van der Waals surface area contributed by atoms with Crippen LogP contribution in [0.1, 0.15) is 10.4 Å². The third kappa shape index (κ3) is 1.83. The highest BCUT2D eigenvalue weighted by atomic mass is 32.1. The monoisotopic (exact) mass is 312 g/mol. The summed E-state index contributed by atoms with van der Waals surface area (Å²) in [5, 5.41) is 9.44. The molecular formula is C22H16S. The number of hydrogen-bond acceptors (Lipinski definition) is 1. The average molecular weight is 312 g/mol. The summed E-state index contributed by atoms with van der Waals surface area (Å²) < 4.78 is 1.43. The topological polar surface area (TPSA) is 0 Å². The van der Waals surface area contributed by atoms with E-state index in [2.05, 4.69) is 74.5 Å². The summed E-state index contributed by atoms with van der Waals surface area (Å²) in [5.74, 6) is 0. The number of hydrogen-bond donors (Lipinski definition) is 0. The first-order valence-electron chi connectivity index (χ1n) is 7.96. The number of aryl methyl sites for hydroxylation is 2. The van der Waals surface area contributed by atoms with Crippen LogP contribution in [-0.2, 0) is 0 Å². The van der Waals surface area contributed by atoms with Gasteiger partial charge in [-0.2, -0.15) is 0 Å². The fraction of sp³-hybridized carbons (Fsp3) is 0.0909. The molecule has 0 saturated carbocycles. The molecule has 0 aliphatic rings. The average Bonchev–Trinajstić information content (AvgIpc) is 2.95. The first kappa shape index (κ1) is 13.1. The molecule has 1 heterocycles. The van der Waals surface area contributed by atoms with Crippen LogP contribution in [0.4, 0.5) is 0 Å². The fourth-order valence-electron chi connectivity index (χ4n) is 3.72. The number of thiophene rings is 1. The van der Waals surface area contributed by atoms with Crippen molar-refractivity contribution < 1.29 is 0 Å². The predicted molar refractivity (Wildman–Crippen MR) is 104 cm³/mol. The van der Waals surface area contributed by atoms with E-state index in [0.29, 0.717) is 0 Å². The molecule has 1 heteroatoms. The largest absolute Gasteiger partial charge is 0.140 e. The van der Waals surface area contributed by atoms with Crippen molar-refractivity contribution in [2.75, 3.05) is 0 Å². The van der Waals surface area contributed by atoms with Gasteiger partial charge in [-0.3, -0.25) is 0 Å². The molecule has 23 heavy (non-hydrogen) atoms. The van der Waals surface area contributed by atoms with E-state index in [1.54, 1.807) is 0 Å². The van der Waals surface area contributed by atoms with E-state index in [4.69, 9.17) is 0 Å². The maximum atomic E-state index is 2.37. The SMILES string of the molecule is Cc1cc2c(s1)c(C)cc1c3cc4ccccc4cc3ccc21. The highest BCUT2D eigenvalue weighted by molar-refractivity contribution is 7.19. The van der Waals surface area contributed by atoms with Gasteiger partial charge >= 0.3 is 0 Å². The molecule has 4 aromatic carbocycles. The molecule has 5 aromatic rings. The Balaban J connectivity index is 2.04. The van der Waals surface area contributed by atoms with Crippen LogP contribution in [0.25, 0.3) is 42.4 Å². The first-order chi connectivity index (χ1) is 11.2. The molecule has 0 aliphatic carbocycles. The molecule has 0 nitrogen and oxygen atoms in total. The smallest absolute Gasteiger partial charge is 0.0381 e. The molecule has 0 radical (unpaired) electrons. The minimum Gasteiger partial charge on any atom is -0.140 e. The van der Waals surface area contributed by atoms with E-state index in [1.807, 2.05) is 11.3 Å². The van der Waals surface area contributed by atoms with E-state index >= 15 is 0 Å². The molecule has 0 amide bonds. The van der Waals surface area contributed by atoms with Crippen LogP contribution < -0.4 is 0 Å². The van der Waals surface area contributed by atoms with Crippen LogP contribution in [0.15, 0.2) is 60.7 Å². The molecule has 0 bridgehead atoms. The van der Waals surface area contributed by atoms with Crippen LogP contribution in [-0.4, -0.2) is 0 Å². The third-order valence-electron chi connectivity index (χ3n) is 4.79. The van der Waals surface area contributed by atoms with Crippen molar-refractivity contribution in [2.24, 2.45) is 0 Å². The van der Waals surface area contributed by atoms with Gasteiger partial charge in [-0.15, -0.1) is 11.3 Å². The molecule has 5 rings (SSSR count). The van der Waals surface area contributed by atoms with E-state index in [0.717, 1.165) is 0 Å². The zero-order chi connectivity index (χ0) is 15.6. The second-order valence-electron chi connectivity index (χ2n) is 6.37. The molecule has 0 N–H and O–H groups in total. The van der Waals surface area contributed by atoms with E-state index in [9.17, 15) is 0 Å². The van der Waals surface area contributed by atoms with Gasteiger partial charge in [0.25, 0.3) is 0 Å². The summed E-state index contributed by atoms with van der Waals surface area (Å²) in [7, 11) is 0. The van der Waals surface area contributed by atoms with Gasteiger partial charge in [-0.1, -0.05) is 36.4 Å². The van der Waals surface area contributed by atoms with Gasteiger partial charge in [-0.25, -0.2) is 0 Å². The van der Waals surface area contributed by atoms with Gasteiger partial charge in [-0.05, 0) is 76.0 Å². The second-order valence-corrected chi connectivity index (χ2v) is 7.63. The van der Waals surface area contributed by atoms with Gasteiger partial charge in [0, 0.05) is 15.0 Å². The highest BCUT2D eigenvalue weighted by Crippen LogP contribution is 2.38. The molecule has 0 unspecified atom stereocenters. The lowest BCUT2D eigenvalue weighted by molar-refractivity contribution is 1.59. The van der Waals surface area contributed by atoms with Crippen LogP contribution in [0, 0.1) is 13.8 Å². The van der Waals surface area contributed by atoms with Crippen molar-refractivity contribution in [3.8, 4) is 0 Å². The van der Waals surface area contributed by atoms with Crippen molar-refractivity contribution in [1.82, 2.24) is 0 Å². The maximum Gasteiger partial charge on any atom is 0.0381 e. The minimum absolute atomic E-state index is 1.31. The second kappa shape index (κ2) is 4.56. The zero-order valence-electron chi connectivity index (χ0n) is 13.2. The highest BCUT2D eigenvalue weighted by Gasteiger charge is 2.10. The Morgan fingerprint density at radius 1 is 0.609 bits per heavy atom. The van der Waals surface area contributed by atoms with Crippen molar-refractivity contribution in [3.05, 3.63) is 71.1 Å². The van der Waals surface area contributed by atoms with Gasteiger partial charge < -0.3 is 0 Å². The van der Waals surface area contributed by atoms with E-state index in [1.165, 1.54) is 52.8 Å². The van der Waals surface area contributed by atoms with Gasteiger partial charge in [0.1, 0.15) is 0 Å². The molecule has 110 valence electrons. The Hall–Kier alpha value is -2.38. The summed E-state index contributed by atoms with van der Waals surface area (Å²) in [5.41, 5.74) is 1.38. The van der Waals surface area contributed by atoms with Crippen molar-refractivity contribution >= 4 is 53.7 Å². The molecule has 0 saturated heterocycles. The molecule has 0 atom stereocenters. The van der Waals surface area contributed by atoms with Crippen molar-refractivity contribution in [1.29, 1.82) is 0 Å². The van der Waals surface area contributed by atoms with Gasteiger partial charge in [0.2, 0.25) is 0 Å².